The number of fused-ring (bicyclic) bond motifs is 1. The number of rotatable bonds is 5. The summed E-state index contributed by atoms with van der Waals surface area (Å²) in [5.74, 6) is -0.748. The van der Waals surface area contributed by atoms with Crippen molar-refractivity contribution in [3.8, 4) is 0 Å². The quantitative estimate of drug-likeness (QED) is 0.695. The molecule has 32 heavy (non-hydrogen) atoms. The maximum atomic E-state index is 13.4. The van der Waals surface area contributed by atoms with Crippen molar-refractivity contribution in [2.75, 3.05) is 29.9 Å². The number of nitrogens with one attached hydrogen (secondary N) is 1. The van der Waals surface area contributed by atoms with E-state index in [0.29, 0.717) is 24.5 Å². The zero-order chi connectivity index (χ0) is 22.5. The number of hydrogen-bond acceptors (Lipinski definition) is 4. The number of aryl methyl sites for hydroxylation is 1. The molecule has 2 heterocycles. The SMILES string of the molecule is CCc1ccc(NC(=O)CN2C(=O)[C@H](C(=O)N3CCCCCC3)Sc3ccccc32)cc1. The van der Waals surface area contributed by atoms with E-state index in [9.17, 15) is 14.4 Å². The molecule has 2 aromatic rings. The lowest BCUT2D eigenvalue weighted by molar-refractivity contribution is -0.135. The first kappa shape index (κ1) is 22.4. The molecule has 168 valence electrons. The van der Waals surface area contributed by atoms with Gasteiger partial charge in [-0.25, -0.2) is 0 Å². The molecule has 0 saturated carbocycles. The Morgan fingerprint density at radius 1 is 1.00 bits per heavy atom. The first-order chi connectivity index (χ1) is 15.6. The van der Waals surface area contributed by atoms with Crippen molar-refractivity contribution in [3.05, 3.63) is 54.1 Å². The Kier molecular flexibility index (Phi) is 7.15. The number of carbonyl (C=O) groups excluding carboxylic acids is 3. The lowest BCUT2D eigenvalue weighted by Crippen LogP contribution is -2.51. The monoisotopic (exact) mass is 451 g/mol. The van der Waals surface area contributed by atoms with Gasteiger partial charge in [0.2, 0.25) is 11.8 Å². The number of likely N-dealkylation sites (tertiary alicyclic amines) is 1. The average Bonchev–Trinajstić information content (AvgIpc) is 3.10. The Morgan fingerprint density at radius 2 is 1.69 bits per heavy atom. The van der Waals surface area contributed by atoms with Gasteiger partial charge >= 0.3 is 0 Å². The first-order valence-electron chi connectivity index (χ1n) is 11.3. The minimum Gasteiger partial charge on any atom is -0.341 e. The van der Waals surface area contributed by atoms with Gasteiger partial charge in [-0.15, -0.1) is 11.8 Å². The van der Waals surface area contributed by atoms with E-state index in [-0.39, 0.29) is 24.3 Å². The van der Waals surface area contributed by atoms with Crippen LogP contribution in [0.2, 0.25) is 0 Å². The number of amides is 3. The van der Waals surface area contributed by atoms with Crippen LogP contribution in [0.15, 0.2) is 53.4 Å². The van der Waals surface area contributed by atoms with Gasteiger partial charge in [-0.05, 0) is 49.1 Å². The zero-order valence-electron chi connectivity index (χ0n) is 18.4. The summed E-state index contributed by atoms with van der Waals surface area (Å²) >= 11 is 1.30. The van der Waals surface area contributed by atoms with Gasteiger partial charge in [-0.2, -0.15) is 0 Å². The molecule has 2 aromatic carbocycles. The molecule has 6 nitrogen and oxygen atoms in total. The summed E-state index contributed by atoms with van der Waals surface area (Å²) in [5.41, 5.74) is 2.56. The molecular weight excluding hydrogens is 422 g/mol. The topological polar surface area (TPSA) is 69.7 Å². The second kappa shape index (κ2) is 10.2. The number of thioether (sulfide) groups is 1. The third kappa shape index (κ3) is 4.99. The predicted molar refractivity (Wildman–Crippen MR) is 128 cm³/mol. The van der Waals surface area contributed by atoms with E-state index in [1.807, 2.05) is 53.4 Å². The van der Waals surface area contributed by atoms with Crippen LogP contribution in [0.1, 0.15) is 38.2 Å². The standard InChI is InChI=1S/C25H29N3O3S/c1-2-18-11-13-19(14-12-18)26-22(29)17-28-20-9-5-6-10-21(20)32-23(25(28)31)24(30)27-15-7-3-4-8-16-27/h5-6,9-14,23H,2-4,7-8,15-17H2,1H3,(H,26,29)/t23-/m0/s1. The molecule has 7 heteroatoms. The van der Waals surface area contributed by atoms with Gasteiger partial charge < -0.3 is 15.1 Å². The molecule has 0 unspecified atom stereocenters. The number of benzene rings is 2. The highest BCUT2D eigenvalue weighted by atomic mass is 32.2. The number of anilines is 2. The minimum atomic E-state index is -0.848. The maximum absolute atomic E-state index is 13.4. The molecule has 3 amide bonds. The fourth-order valence-corrected chi connectivity index (χ4v) is 5.35. The molecule has 1 fully saturated rings. The van der Waals surface area contributed by atoms with Gasteiger partial charge in [0.15, 0.2) is 5.25 Å². The van der Waals surface area contributed by atoms with Crippen LogP contribution >= 0.6 is 11.8 Å². The summed E-state index contributed by atoms with van der Waals surface area (Å²) in [5, 5.41) is 2.03. The van der Waals surface area contributed by atoms with Gasteiger partial charge in [0.25, 0.3) is 5.91 Å². The zero-order valence-corrected chi connectivity index (χ0v) is 19.2. The third-order valence-corrected chi connectivity index (χ3v) is 7.22. The smallest absolute Gasteiger partial charge is 0.250 e. The van der Waals surface area contributed by atoms with Crippen molar-refractivity contribution in [1.82, 2.24) is 4.90 Å². The summed E-state index contributed by atoms with van der Waals surface area (Å²) in [6.45, 7) is 3.34. The van der Waals surface area contributed by atoms with Crippen LogP contribution < -0.4 is 10.2 Å². The molecule has 1 saturated heterocycles. The molecule has 4 rings (SSSR count). The Bertz CT molecular complexity index is 984. The van der Waals surface area contributed by atoms with E-state index >= 15 is 0 Å². The van der Waals surface area contributed by atoms with Crippen molar-refractivity contribution in [3.63, 3.8) is 0 Å². The van der Waals surface area contributed by atoms with E-state index in [0.717, 1.165) is 37.0 Å². The highest BCUT2D eigenvalue weighted by Gasteiger charge is 2.40. The first-order valence-corrected chi connectivity index (χ1v) is 12.2. The maximum Gasteiger partial charge on any atom is 0.250 e. The van der Waals surface area contributed by atoms with Crippen LogP contribution in [0.3, 0.4) is 0 Å². The van der Waals surface area contributed by atoms with E-state index < -0.39 is 5.25 Å². The van der Waals surface area contributed by atoms with E-state index in [4.69, 9.17) is 0 Å². The molecule has 0 radical (unpaired) electrons. The molecule has 1 atom stereocenters. The van der Waals surface area contributed by atoms with Gasteiger partial charge in [0.1, 0.15) is 6.54 Å². The predicted octanol–water partition coefficient (Wildman–Crippen LogP) is 4.10. The molecule has 0 aliphatic carbocycles. The van der Waals surface area contributed by atoms with Crippen LogP contribution in [0, 0.1) is 0 Å². The number of hydrogen-bond donors (Lipinski definition) is 1. The largest absolute Gasteiger partial charge is 0.341 e. The fourth-order valence-electron chi connectivity index (χ4n) is 4.16. The normalized spacial score (nSPS) is 18.7. The van der Waals surface area contributed by atoms with Crippen molar-refractivity contribution in [2.24, 2.45) is 0 Å². The lowest BCUT2D eigenvalue weighted by atomic mass is 10.1. The van der Waals surface area contributed by atoms with E-state index in [2.05, 4.69) is 12.2 Å². The second-order valence-electron chi connectivity index (χ2n) is 8.23. The Balaban J connectivity index is 1.52. The van der Waals surface area contributed by atoms with Crippen LogP contribution in [0.5, 0.6) is 0 Å². The summed E-state index contributed by atoms with van der Waals surface area (Å²) in [6, 6.07) is 15.2. The molecule has 1 N–H and O–H groups in total. The van der Waals surface area contributed by atoms with E-state index in [1.165, 1.54) is 22.2 Å². The molecular formula is C25H29N3O3S. The molecule has 2 aliphatic rings. The van der Waals surface area contributed by atoms with Gasteiger partial charge in [-0.1, -0.05) is 44.0 Å². The van der Waals surface area contributed by atoms with Crippen LogP contribution in [0.4, 0.5) is 11.4 Å². The van der Waals surface area contributed by atoms with Gasteiger partial charge in [-0.3, -0.25) is 14.4 Å². The highest BCUT2D eigenvalue weighted by molar-refractivity contribution is 8.01. The lowest BCUT2D eigenvalue weighted by Gasteiger charge is -2.34. The number of nitrogens with zero attached hydrogens (tertiary/aromatic N) is 2. The van der Waals surface area contributed by atoms with Crippen molar-refractivity contribution in [1.29, 1.82) is 0 Å². The summed E-state index contributed by atoms with van der Waals surface area (Å²) in [7, 11) is 0. The second-order valence-corrected chi connectivity index (χ2v) is 9.38. The summed E-state index contributed by atoms with van der Waals surface area (Å²) in [6.07, 6.45) is 5.10. The molecule has 2 aliphatic heterocycles. The van der Waals surface area contributed by atoms with Crippen LogP contribution in [0.25, 0.3) is 0 Å². The molecule has 0 aromatic heterocycles. The van der Waals surface area contributed by atoms with Crippen molar-refractivity contribution in [2.45, 2.75) is 49.2 Å². The third-order valence-electron chi connectivity index (χ3n) is 5.98. The van der Waals surface area contributed by atoms with Gasteiger partial charge in [0.05, 0.1) is 5.69 Å². The number of para-hydroxylation sites is 1. The Morgan fingerprint density at radius 3 is 2.38 bits per heavy atom. The van der Waals surface area contributed by atoms with Crippen molar-refractivity contribution < 1.29 is 14.4 Å². The fraction of sp³-hybridized carbons (Fsp3) is 0.400. The number of carbonyl (C=O) groups is 3. The van der Waals surface area contributed by atoms with Crippen LogP contribution in [-0.2, 0) is 20.8 Å². The average molecular weight is 452 g/mol. The molecule has 0 bridgehead atoms. The summed E-state index contributed by atoms with van der Waals surface area (Å²) in [4.78, 5) is 43.6. The molecule has 0 spiro atoms. The summed E-state index contributed by atoms with van der Waals surface area (Å²) < 4.78 is 0. The minimum absolute atomic E-state index is 0.129. The van der Waals surface area contributed by atoms with Crippen LogP contribution in [-0.4, -0.2) is 47.5 Å². The highest BCUT2D eigenvalue weighted by Crippen LogP contribution is 2.39. The Labute approximate surface area is 193 Å². The van der Waals surface area contributed by atoms with Gasteiger partial charge in [0, 0.05) is 23.7 Å². The van der Waals surface area contributed by atoms with E-state index in [1.54, 1.807) is 0 Å². The Hall–Kier alpha value is -2.80. The van der Waals surface area contributed by atoms with Crippen molar-refractivity contribution >= 4 is 40.9 Å².